The molecule has 3 aromatic rings. The molecule has 0 aliphatic rings. The lowest BCUT2D eigenvalue weighted by atomic mass is 10.3. The van der Waals surface area contributed by atoms with Gasteiger partial charge in [0.2, 0.25) is 0 Å². The fourth-order valence-corrected chi connectivity index (χ4v) is 1.68. The van der Waals surface area contributed by atoms with Crippen LogP contribution in [0.4, 0.5) is 0 Å². The summed E-state index contributed by atoms with van der Waals surface area (Å²) < 4.78 is 2.03. The van der Waals surface area contributed by atoms with Crippen LogP contribution in [0.1, 0.15) is 0 Å². The Kier molecular flexibility index (Phi) is 1.78. The summed E-state index contributed by atoms with van der Waals surface area (Å²) >= 11 is 0. The fourth-order valence-electron chi connectivity index (χ4n) is 1.68. The number of benzene rings is 1. The molecule has 0 saturated carbocycles. The second kappa shape index (κ2) is 3.24. The summed E-state index contributed by atoms with van der Waals surface area (Å²) in [5.74, 6) is 0. The molecule has 0 saturated heterocycles. The molecule has 0 aliphatic carbocycles. The van der Waals surface area contributed by atoms with E-state index in [1.807, 2.05) is 53.2 Å². The number of rotatable bonds is 1. The summed E-state index contributed by atoms with van der Waals surface area (Å²) in [6, 6.07) is 16.2. The van der Waals surface area contributed by atoms with Crippen molar-refractivity contribution in [3.8, 4) is 11.3 Å². The topological polar surface area (TPSA) is 17.3 Å². The van der Waals surface area contributed by atoms with Crippen molar-refractivity contribution in [2.75, 3.05) is 0 Å². The second-order valence-electron chi connectivity index (χ2n) is 3.46. The molecule has 0 bridgehead atoms. The Bertz CT molecular complexity index is 549. The van der Waals surface area contributed by atoms with E-state index in [2.05, 4.69) is 17.1 Å². The Labute approximate surface area is 87.8 Å². The van der Waals surface area contributed by atoms with Gasteiger partial charge in [-0.1, -0.05) is 36.4 Å². The molecular weight excluding hydrogens is 185 g/mol. The van der Waals surface area contributed by atoms with Gasteiger partial charge in [-0.05, 0) is 12.1 Å². The normalized spacial score (nSPS) is 10.7. The predicted molar refractivity (Wildman–Crippen MR) is 60.6 cm³/mol. The lowest BCUT2D eigenvalue weighted by Crippen LogP contribution is -1.77. The number of fused-ring (bicyclic) bond motifs is 1. The van der Waals surface area contributed by atoms with Crippen molar-refractivity contribution < 1.29 is 0 Å². The highest BCUT2D eigenvalue weighted by Crippen LogP contribution is 2.17. The summed E-state index contributed by atoms with van der Waals surface area (Å²) in [5.41, 5.74) is 3.15. The van der Waals surface area contributed by atoms with Gasteiger partial charge in [-0.15, -0.1) is 0 Å². The van der Waals surface area contributed by atoms with Crippen molar-refractivity contribution in [3.05, 3.63) is 60.9 Å². The van der Waals surface area contributed by atoms with Gasteiger partial charge < -0.3 is 4.40 Å². The van der Waals surface area contributed by atoms with Crippen LogP contribution in [0.15, 0.2) is 60.9 Å². The van der Waals surface area contributed by atoms with E-state index in [1.54, 1.807) is 0 Å². The first-order valence-corrected chi connectivity index (χ1v) is 4.93. The van der Waals surface area contributed by atoms with Crippen molar-refractivity contribution in [1.29, 1.82) is 0 Å². The molecule has 3 rings (SSSR count). The van der Waals surface area contributed by atoms with Gasteiger partial charge in [0.05, 0.1) is 5.69 Å². The lowest BCUT2D eigenvalue weighted by Gasteiger charge is -1.92. The number of nitrogens with zero attached hydrogens (tertiary/aromatic N) is 2. The van der Waals surface area contributed by atoms with E-state index in [1.165, 1.54) is 0 Å². The van der Waals surface area contributed by atoms with Crippen molar-refractivity contribution in [3.63, 3.8) is 0 Å². The van der Waals surface area contributed by atoms with Crippen LogP contribution in [0.2, 0.25) is 0 Å². The van der Waals surface area contributed by atoms with Crippen LogP contribution >= 0.6 is 0 Å². The molecule has 0 N–H and O–H groups in total. The third kappa shape index (κ3) is 1.40. The van der Waals surface area contributed by atoms with Crippen LogP contribution < -0.4 is 0 Å². The maximum Gasteiger partial charge on any atom is 0.137 e. The molecule has 2 nitrogen and oxygen atoms in total. The molecule has 0 amide bonds. The molecule has 0 aliphatic heterocycles. The SMILES string of the molecule is c1ccc(-[13c]2cn3ccccc3n2)cc1. The summed E-state index contributed by atoms with van der Waals surface area (Å²) in [6.45, 7) is 0. The molecule has 0 radical (unpaired) electrons. The van der Waals surface area contributed by atoms with Crippen molar-refractivity contribution in [2.45, 2.75) is 0 Å². The Balaban J connectivity index is 2.21. The lowest BCUT2D eigenvalue weighted by molar-refractivity contribution is 1.19. The summed E-state index contributed by atoms with van der Waals surface area (Å²) in [7, 11) is 0. The molecule has 2 aromatic heterocycles. The maximum atomic E-state index is 4.55. The van der Waals surface area contributed by atoms with Crippen LogP contribution in [0.25, 0.3) is 16.9 Å². The molecular formula is C13H10N2. The number of imidazole rings is 1. The quantitative estimate of drug-likeness (QED) is 0.583. The van der Waals surface area contributed by atoms with E-state index in [0.29, 0.717) is 0 Å². The highest BCUT2D eigenvalue weighted by Gasteiger charge is 2.01. The summed E-state index contributed by atoms with van der Waals surface area (Å²) in [6.07, 6.45) is 4.06. The van der Waals surface area contributed by atoms with Crippen LogP contribution in [0.3, 0.4) is 0 Å². The van der Waals surface area contributed by atoms with Gasteiger partial charge in [-0.3, -0.25) is 0 Å². The number of hydrogen-bond donors (Lipinski definition) is 0. The maximum absolute atomic E-state index is 4.55. The van der Waals surface area contributed by atoms with E-state index in [4.69, 9.17) is 0 Å². The third-order valence-electron chi connectivity index (χ3n) is 2.43. The minimum absolute atomic E-state index is 0.983. The third-order valence-corrected chi connectivity index (χ3v) is 2.43. The Hall–Kier alpha value is -2.09. The smallest absolute Gasteiger partial charge is 0.137 e. The van der Waals surface area contributed by atoms with Gasteiger partial charge in [-0.25, -0.2) is 4.98 Å². The van der Waals surface area contributed by atoms with Crippen LogP contribution in [-0.2, 0) is 0 Å². The van der Waals surface area contributed by atoms with Gasteiger partial charge in [-0.2, -0.15) is 0 Å². The summed E-state index contributed by atoms with van der Waals surface area (Å²) in [4.78, 5) is 4.55. The van der Waals surface area contributed by atoms with Gasteiger partial charge in [0.25, 0.3) is 0 Å². The van der Waals surface area contributed by atoms with E-state index in [-0.39, 0.29) is 0 Å². The van der Waals surface area contributed by atoms with Crippen LogP contribution in [-0.4, -0.2) is 9.38 Å². The average molecular weight is 195 g/mol. The van der Waals surface area contributed by atoms with Crippen molar-refractivity contribution >= 4 is 5.65 Å². The zero-order chi connectivity index (χ0) is 10.1. The molecule has 0 fully saturated rings. The minimum atomic E-state index is 0.983. The fraction of sp³-hybridized carbons (Fsp3) is 0. The first-order valence-electron chi connectivity index (χ1n) is 4.93. The summed E-state index contributed by atoms with van der Waals surface area (Å²) in [5, 5.41) is 0. The zero-order valence-corrected chi connectivity index (χ0v) is 8.17. The average Bonchev–Trinajstić information content (AvgIpc) is 2.74. The Morgan fingerprint density at radius 2 is 1.67 bits per heavy atom. The van der Waals surface area contributed by atoms with Gasteiger partial charge in [0, 0.05) is 18.0 Å². The highest BCUT2D eigenvalue weighted by atomic mass is 15.1. The standard InChI is InChI=1S/C13H10N2/c1-2-6-11(7-3-1)12-10-15-9-5-4-8-13(15)14-12/h1-10H/i12+1. The largest absolute Gasteiger partial charge is 0.306 e. The van der Waals surface area contributed by atoms with Crippen molar-refractivity contribution in [2.24, 2.45) is 0 Å². The van der Waals surface area contributed by atoms with E-state index >= 15 is 0 Å². The van der Waals surface area contributed by atoms with Gasteiger partial charge in [0.1, 0.15) is 5.65 Å². The number of hydrogen-bond acceptors (Lipinski definition) is 1. The van der Waals surface area contributed by atoms with Crippen LogP contribution in [0.5, 0.6) is 0 Å². The molecule has 2 heteroatoms. The Morgan fingerprint density at radius 1 is 0.867 bits per heavy atom. The monoisotopic (exact) mass is 195 g/mol. The highest BCUT2D eigenvalue weighted by molar-refractivity contribution is 5.62. The molecule has 15 heavy (non-hydrogen) atoms. The van der Waals surface area contributed by atoms with E-state index in [9.17, 15) is 0 Å². The second-order valence-corrected chi connectivity index (χ2v) is 3.46. The van der Waals surface area contributed by atoms with Crippen LogP contribution in [0, 0.1) is 0 Å². The number of pyridine rings is 1. The van der Waals surface area contributed by atoms with Gasteiger partial charge in [0.15, 0.2) is 0 Å². The number of aromatic nitrogens is 2. The molecule has 0 atom stereocenters. The van der Waals surface area contributed by atoms with E-state index in [0.717, 1.165) is 16.9 Å². The van der Waals surface area contributed by atoms with Gasteiger partial charge >= 0.3 is 0 Å². The molecule has 2 heterocycles. The first-order chi connectivity index (χ1) is 7.43. The first kappa shape index (κ1) is 8.24. The van der Waals surface area contributed by atoms with Crippen molar-refractivity contribution in [1.82, 2.24) is 9.38 Å². The molecule has 0 spiro atoms. The zero-order valence-electron chi connectivity index (χ0n) is 8.17. The molecule has 0 unspecified atom stereocenters. The molecule has 72 valence electrons. The molecule has 1 aromatic carbocycles. The minimum Gasteiger partial charge on any atom is -0.306 e. The van der Waals surface area contributed by atoms with E-state index < -0.39 is 0 Å². The Morgan fingerprint density at radius 3 is 2.47 bits per heavy atom. The predicted octanol–water partition coefficient (Wildman–Crippen LogP) is 3.00.